The summed E-state index contributed by atoms with van der Waals surface area (Å²) in [5.41, 5.74) is 13.4. The molecule has 2 heteroatoms. The van der Waals surface area contributed by atoms with E-state index in [2.05, 4.69) is 135 Å². The van der Waals surface area contributed by atoms with Gasteiger partial charge in [0, 0.05) is 17.6 Å². The third-order valence-electron chi connectivity index (χ3n) is 9.34. The van der Waals surface area contributed by atoms with Crippen molar-refractivity contribution < 1.29 is 0 Å². The fourth-order valence-electron chi connectivity index (χ4n) is 7.21. The standard InChI is InChI=1S/C43H41NS/c1-4-27-44(43-30(3)35-21-13-8-14-24-40(35)45-43)29-31(5-2)34-25-26-38-39(28-34)42(33-19-11-7-12-20-33)37-23-16-15-22-36(37)41(38)32-17-9-6-10-18-32/h5-7,9-12,14,16-20,23-26,28-29H,2,4,8,13,15,21-22,27H2,1,3H3/b31-29+. The molecule has 5 aromatic rings. The molecule has 0 N–H and O–H groups in total. The highest BCUT2D eigenvalue weighted by molar-refractivity contribution is 7.17. The molecule has 0 aliphatic heterocycles. The first-order valence-corrected chi connectivity index (χ1v) is 17.3. The van der Waals surface area contributed by atoms with Gasteiger partial charge in [-0.25, -0.2) is 0 Å². The number of nitrogens with zero attached hydrogens (tertiary/aromatic N) is 1. The molecule has 1 heterocycles. The van der Waals surface area contributed by atoms with Gasteiger partial charge in [-0.3, -0.25) is 0 Å². The smallest absolute Gasteiger partial charge is 0.0987 e. The van der Waals surface area contributed by atoms with Crippen LogP contribution in [0.1, 0.15) is 65.3 Å². The van der Waals surface area contributed by atoms with Gasteiger partial charge >= 0.3 is 0 Å². The predicted molar refractivity (Wildman–Crippen MR) is 199 cm³/mol. The molecule has 7 rings (SSSR count). The number of hydrogen-bond donors (Lipinski definition) is 0. The van der Waals surface area contributed by atoms with Gasteiger partial charge in [-0.1, -0.05) is 111 Å². The van der Waals surface area contributed by atoms with Crippen molar-refractivity contribution in [3.8, 4) is 22.3 Å². The summed E-state index contributed by atoms with van der Waals surface area (Å²) in [4.78, 5) is 3.91. The zero-order valence-corrected chi connectivity index (χ0v) is 27.3. The Bertz CT molecular complexity index is 1950. The number of anilines is 1. The van der Waals surface area contributed by atoms with Crippen molar-refractivity contribution in [1.29, 1.82) is 0 Å². The number of benzene rings is 4. The van der Waals surface area contributed by atoms with Crippen LogP contribution in [0.25, 0.3) is 50.8 Å². The summed E-state index contributed by atoms with van der Waals surface area (Å²) in [6.07, 6.45) is 20.6. The largest absolute Gasteiger partial charge is 0.339 e. The van der Waals surface area contributed by atoms with E-state index in [1.807, 2.05) is 17.4 Å². The van der Waals surface area contributed by atoms with Gasteiger partial charge in [0.2, 0.25) is 0 Å². The molecule has 0 saturated heterocycles. The monoisotopic (exact) mass is 603 g/mol. The van der Waals surface area contributed by atoms with E-state index < -0.39 is 0 Å². The second-order valence-corrected chi connectivity index (χ2v) is 13.3. The lowest BCUT2D eigenvalue weighted by Gasteiger charge is -2.25. The molecule has 45 heavy (non-hydrogen) atoms. The van der Waals surface area contributed by atoms with Gasteiger partial charge in [0.25, 0.3) is 0 Å². The highest BCUT2D eigenvalue weighted by Gasteiger charge is 2.23. The number of allylic oxidation sites excluding steroid dienone is 4. The van der Waals surface area contributed by atoms with Crippen molar-refractivity contribution >= 4 is 44.8 Å². The zero-order valence-electron chi connectivity index (χ0n) is 26.5. The number of thiophene rings is 1. The Hall–Kier alpha value is -4.40. The predicted octanol–water partition coefficient (Wildman–Crippen LogP) is 12.3. The summed E-state index contributed by atoms with van der Waals surface area (Å²) >= 11 is 1.94. The van der Waals surface area contributed by atoms with Gasteiger partial charge in [0.05, 0.1) is 5.00 Å². The number of rotatable bonds is 8. The quantitative estimate of drug-likeness (QED) is 0.159. The average Bonchev–Trinajstić information content (AvgIpc) is 3.23. The third kappa shape index (κ3) is 5.53. The van der Waals surface area contributed by atoms with Crippen LogP contribution in [0.2, 0.25) is 0 Å². The Morgan fingerprint density at radius 2 is 1.56 bits per heavy atom. The summed E-state index contributed by atoms with van der Waals surface area (Å²) < 4.78 is 0. The molecule has 0 saturated carbocycles. The van der Waals surface area contributed by atoms with Crippen LogP contribution in [0.15, 0.2) is 110 Å². The molecular weight excluding hydrogens is 563 g/mol. The fraction of sp³-hybridized carbons (Fsp3) is 0.209. The van der Waals surface area contributed by atoms with Crippen LogP contribution in [0, 0.1) is 6.92 Å². The molecule has 0 radical (unpaired) electrons. The van der Waals surface area contributed by atoms with E-state index in [0.29, 0.717) is 0 Å². The Balaban J connectivity index is 1.44. The first-order chi connectivity index (χ1) is 22.2. The molecule has 0 spiro atoms. The third-order valence-corrected chi connectivity index (χ3v) is 10.7. The van der Waals surface area contributed by atoms with Crippen LogP contribution in [0.5, 0.6) is 0 Å². The molecule has 0 bridgehead atoms. The Morgan fingerprint density at radius 1 is 0.822 bits per heavy atom. The van der Waals surface area contributed by atoms with E-state index in [0.717, 1.165) is 37.8 Å². The molecule has 2 aliphatic carbocycles. The van der Waals surface area contributed by atoms with Crippen molar-refractivity contribution in [3.63, 3.8) is 0 Å². The Morgan fingerprint density at radius 3 is 2.29 bits per heavy atom. The van der Waals surface area contributed by atoms with Crippen LogP contribution in [-0.4, -0.2) is 6.54 Å². The minimum Gasteiger partial charge on any atom is -0.339 e. The van der Waals surface area contributed by atoms with Crippen LogP contribution in [-0.2, 0) is 12.8 Å². The molecule has 1 aromatic heterocycles. The van der Waals surface area contributed by atoms with Gasteiger partial charge in [0.15, 0.2) is 0 Å². The SMILES string of the molecule is C=C/C(=C\N(CCC)c1sc2c(c1C)CCCC=C2)c1ccc2c(-c3ccccc3)c3c(c(-c4ccccc4)c2c1)C=CCC3. The maximum atomic E-state index is 4.33. The fourth-order valence-corrected chi connectivity index (χ4v) is 8.49. The molecule has 1 nitrogen and oxygen atoms in total. The Kier molecular flexibility index (Phi) is 8.41. The first-order valence-electron chi connectivity index (χ1n) is 16.5. The maximum absolute atomic E-state index is 4.33. The molecule has 0 fully saturated rings. The van der Waals surface area contributed by atoms with E-state index in [9.17, 15) is 0 Å². The molecule has 2 aliphatic rings. The summed E-state index contributed by atoms with van der Waals surface area (Å²) in [5.74, 6) is 0. The first kappa shape index (κ1) is 29.3. The van der Waals surface area contributed by atoms with Gasteiger partial charge in [-0.15, -0.1) is 11.3 Å². The average molecular weight is 604 g/mol. The van der Waals surface area contributed by atoms with Crippen molar-refractivity contribution in [3.05, 3.63) is 143 Å². The van der Waals surface area contributed by atoms with Crippen LogP contribution < -0.4 is 4.90 Å². The van der Waals surface area contributed by atoms with E-state index in [1.54, 1.807) is 0 Å². The topological polar surface area (TPSA) is 3.24 Å². The van der Waals surface area contributed by atoms with E-state index in [1.165, 1.54) is 83.6 Å². The second-order valence-electron chi connectivity index (χ2n) is 12.2. The highest BCUT2D eigenvalue weighted by atomic mass is 32.1. The normalized spacial score (nSPS) is 14.2. The molecular formula is C43H41NS. The van der Waals surface area contributed by atoms with Crippen molar-refractivity contribution in [2.45, 2.75) is 52.4 Å². The lowest BCUT2D eigenvalue weighted by Crippen LogP contribution is -2.17. The molecule has 0 atom stereocenters. The zero-order chi connectivity index (χ0) is 30.8. The van der Waals surface area contributed by atoms with Crippen LogP contribution in [0.4, 0.5) is 5.00 Å². The maximum Gasteiger partial charge on any atom is 0.0987 e. The van der Waals surface area contributed by atoms with Gasteiger partial charge in [-0.05, 0) is 124 Å². The second kappa shape index (κ2) is 12.9. The lowest BCUT2D eigenvalue weighted by molar-refractivity contribution is 0.845. The van der Waals surface area contributed by atoms with E-state index >= 15 is 0 Å². The van der Waals surface area contributed by atoms with E-state index in [4.69, 9.17) is 0 Å². The van der Waals surface area contributed by atoms with Crippen molar-refractivity contribution in [2.75, 3.05) is 11.4 Å². The van der Waals surface area contributed by atoms with Crippen LogP contribution in [0.3, 0.4) is 0 Å². The minimum absolute atomic E-state index is 0.973. The minimum atomic E-state index is 0.973. The lowest BCUT2D eigenvalue weighted by atomic mass is 9.79. The summed E-state index contributed by atoms with van der Waals surface area (Å²) in [6.45, 7) is 9.89. The molecule has 4 aromatic carbocycles. The van der Waals surface area contributed by atoms with Crippen LogP contribution >= 0.6 is 11.3 Å². The van der Waals surface area contributed by atoms with Gasteiger partial charge in [0.1, 0.15) is 0 Å². The Labute approximate surface area is 272 Å². The molecule has 224 valence electrons. The number of fused-ring (bicyclic) bond motifs is 3. The summed E-state index contributed by atoms with van der Waals surface area (Å²) in [6, 6.07) is 29.0. The van der Waals surface area contributed by atoms with Gasteiger partial charge in [-0.2, -0.15) is 0 Å². The summed E-state index contributed by atoms with van der Waals surface area (Å²) in [7, 11) is 0. The van der Waals surface area contributed by atoms with Crippen molar-refractivity contribution in [1.82, 2.24) is 0 Å². The molecule has 0 amide bonds. The van der Waals surface area contributed by atoms with Gasteiger partial charge < -0.3 is 4.90 Å². The summed E-state index contributed by atoms with van der Waals surface area (Å²) in [5, 5.41) is 3.97. The highest BCUT2D eigenvalue weighted by Crippen LogP contribution is 2.45. The molecule has 0 unspecified atom stereocenters. The van der Waals surface area contributed by atoms with E-state index in [-0.39, 0.29) is 0 Å². The number of hydrogen-bond acceptors (Lipinski definition) is 2. The van der Waals surface area contributed by atoms with Crippen molar-refractivity contribution in [2.24, 2.45) is 0 Å².